The van der Waals surface area contributed by atoms with E-state index in [9.17, 15) is 9.59 Å². The Hall–Kier alpha value is -3.87. The van der Waals surface area contributed by atoms with Crippen molar-refractivity contribution in [2.24, 2.45) is 7.05 Å². The molecule has 0 bridgehead atoms. The van der Waals surface area contributed by atoms with Gasteiger partial charge < -0.3 is 5.32 Å². The summed E-state index contributed by atoms with van der Waals surface area (Å²) in [6, 6.07) is 19.2. The zero-order valence-electron chi connectivity index (χ0n) is 16.2. The average molecular weight is 387 g/mol. The Morgan fingerprint density at radius 3 is 2.38 bits per heavy atom. The van der Waals surface area contributed by atoms with E-state index in [0.717, 1.165) is 11.3 Å². The summed E-state index contributed by atoms with van der Waals surface area (Å²) in [4.78, 5) is 25.7. The van der Waals surface area contributed by atoms with Crippen LogP contribution in [0.25, 0.3) is 5.69 Å². The molecule has 4 rings (SSSR count). The van der Waals surface area contributed by atoms with Crippen LogP contribution in [0.5, 0.6) is 0 Å². The van der Waals surface area contributed by atoms with E-state index in [0.29, 0.717) is 17.8 Å². The fourth-order valence-corrected chi connectivity index (χ4v) is 3.24. The summed E-state index contributed by atoms with van der Waals surface area (Å²) in [5.41, 5.74) is 2.88. The lowest BCUT2D eigenvalue weighted by Crippen LogP contribution is -2.22. The maximum Gasteiger partial charge on any atom is 0.295 e. The fraction of sp³-hybridized carbons (Fsp3) is 0.136. The van der Waals surface area contributed by atoms with Gasteiger partial charge in [-0.15, -0.1) is 0 Å². The maximum atomic E-state index is 12.9. The first-order chi connectivity index (χ1) is 14.0. The molecule has 7 heteroatoms. The highest BCUT2D eigenvalue weighted by atomic mass is 16.2. The van der Waals surface area contributed by atoms with Gasteiger partial charge in [0.2, 0.25) is 0 Å². The van der Waals surface area contributed by atoms with Crippen molar-refractivity contribution in [1.82, 2.24) is 19.1 Å². The Morgan fingerprint density at radius 1 is 1.03 bits per heavy atom. The van der Waals surface area contributed by atoms with Crippen LogP contribution in [0.4, 0.5) is 5.69 Å². The Labute approximate surface area is 167 Å². The van der Waals surface area contributed by atoms with Crippen LogP contribution in [-0.2, 0) is 13.6 Å². The normalized spacial score (nSPS) is 10.8. The summed E-state index contributed by atoms with van der Waals surface area (Å²) < 4.78 is 4.96. The van der Waals surface area contributed by atoms with Crippen molar-refractivity contribution < 1.29 is 4.79 Å². The van der Waals surface area contributed by atoms with E-state index in [2.05, 4.69) is 10.4 Å². The number of rotatable bonds is 5. The molecule has 0 saturated heterocycles. The quantitative estimate of drug-likeness (QED) is 0.572. The van der Waals surface area contributed by atoms with E-state index < -0.39 is 0 Å². The number of hydrogen-bond donors (Lipinski definition) is 1. The zero-order valence-corrected chi connectivity index (χ0v) is 16.2. The van der Waals surface area contributed by atoms with Crippen LogP contribution in [0.3, 0.4) is 0 Å². The summed E-state index contributed by atoms with van der Waals surface area (Å²) >= 11 is 0. The van der Waals surface area contributed by atoms with Crippen LogP contribution in [-0.4, -0.2) is 25.1 Å². The van der Waals surface area contributed by atoms with Gasteiger partial charge in [-0.05, 0) is 24.6 Å². The predicted octanol–water partition coefficient (Wildman–Crippen LogP) is 2.98. The van der Waals surface area contributed by atoms with Gasteiger partial charge in [-0.25, -0.2) is 4.68 Å². The predicted molar refractivity (Wildman–Crippen MR) is 111 cm³/mol. The maximum absolute atomic E-state index is 12.9. The minimum atomic E-state index is -0.365. The Balaban J connectivity index is 1.57. The molecule has 0 fully saturated rings. The van der Waals surface area contributed by atoms with E-state index in [4.69, 9.17) is 0 Å². The van der Waals surface area contributed by atoms with Gasteiger partial charge in [0.15, 0.2) is 0 Å². The third-order valence-corrected chi connectivity index (χ3v) is 4.88. The second-order valence-corrected chi connectivity index (χ2v) is 6.80. The monoisotopic (exact) mass is 387 g/mol. The molecule has 0 atom stereocenters. The molecule has 1 N–H and O–H groups in total. The Kier molecular flexibility index (Phi) is 4.87. The summed E-state index contributed by atoms with van der Waals surface area (Å²) in [6.45, 7) is 2.37. The van der Waals surface area contributed by atoms with Crippen molar-refractivity contribution in [3.05, 3.63) is 100 Å². The van der Waals surface area contributed by atoms with Gasteiger partial charge in [-0.1, -0.05) is 48.5 Å². The lowest BCUT2D eigenvalue weighted by atomic mass is 10.2. The molecular formula is C22H21N5O2. The standard InChI is InChI=1S/C22H21N5O2/c1-16-20(22(29)27(25(16)2)19-11-7-4-8-12-19)24-21(28)18-13-23-26(15-18)14-17-9-5-3-6-10-17/h3-13,15H,14H2,1-2H3,(H,24,28). The summed E-state index contributed by atoms with van der Waals surface area (Å²) in [5.74, 6) is -0.365. The number of anilines is 1. The van der Waals surface area contributed by atoms with Crippen molar-refractivity contribution >= 4 is 11.6 Å². The highest BCUT2D eigenvalue weighted by molar-refractivity contribution is 6.04. The van der Waals surface area contributed by atoms with E-state index in [1.165, 1.54) is 10.9 Å². The zero-order chi connectivity index (χ0) is 20.4. The van der Waals surface area contributed by atoms with Gasteiger partial charge in [0.25, 0.3) is 11.5 Å². The molecule has 1 amide bonds. The molecule has 0 radical (unpaired) electrons. The number of amides is 1. The van der Waals surface area contributed by atoms with Gasteiger partial charge in [-0.2, -0.15) is 5.10 Å². The minimum Gasteiger partial charge on any atom is -0.316 e. The number of nitrogens with zero attached hydrogens (tertiary/aromatic N) is 4. The number of aromatic nitrogens is 4. The smallest absolute Gasteiger partial charge is 0.295 e. The Bertz CT molecular complexity index is 1200. The minimum absolute atomic E-state index is 0.261. The molecule has 0 unspecified atom stereocenters. The second kappa shape index (κ2) is 7.63. The largest absolute Gasteiger partial charge is 0.316 e. The highest BCUT2D eigenvalue weighted by Gasteiger charge is 2.19. The van der Waals surface area contributed by atoms with Crippen molar-refractivity contribution in [2.45, 2.75) is 13.5 Å². The molecule has 0 spiro atoms. The van der Waals surface area contributed by atoms with E-state index >= 15 is 0 Å². The summed E-state index contributed by atoms with van der Waals surface area (Å²) in [5, 5.41) is 7.01. The van der Waals surface area contributed by atoms with Crippen LogP contribution in [0.15, 0.2) is 77.9 Å². The molecule has 0 saturated carbocycles. The fourth-order valence-electron chi connectivity index (χ4n) is 3.24. The first-order valence-corrected chi connectivity index (χ1v) is 9.26. The topological polar surface area (TPSA) is 73.8 Å². The molecule has 2 aromatic carbocycles. The third-order valence-electron chi connectivity index (χ3n) is 4.88. The van der Waals surface area contributed by atoms with Crippen molar-refractivity contribution in [2.75, 3.05) is 5.32 Å². The number of benzene rings is 2. The molecule has 0 aliphatic rings. The number of nitrogens with one attached hydrogen (secondary N) is 1. The molecule has 2 aromatic heterocycles. The van der Waals surface area contributed by atoms with Gasteiger partial charge in [0.1, 0.15) is 5.69 Å². The first-order valence-electron chi connectivity index (χ1n) is 9.26. The number of carbonyl (C=O) groups is 1. The molecule has 4 aromatic rings. The SMILES string of the molecule is Cc1c(NC(=O)c2cnn(Cc3ccccc3)c2)c(=O)n(-c2ccccc2)n1C. The molecule has 0 aliphatic heterocycles. The molecule has 146 valence electrons. The van der Waals surface area contributed by atoms with Crippen molar-refractivity contribution in [1.29, 1.82) is 0 Å². The lowest BCUT2D eigenvalue weighted by molar-refractivity contribution is 0.102. The lowest BCUT2D eigenvalue weighted by Gasteiger charge is -2.07. The van der Waals surface area contributed by atoms with Crippen molar-refractivity contribution in [3.8, 4) is 5.69 Å². The average Bonchev–Trinajstić information content (AvgIpc) is 3.28. The van der Waals surface area contributed by atoms with E-state index in [-0.39, 0.29) is 17.2 Å². The molecule has 7 nitrogen and oxygen atoms in total. The van der Waals surface area contributed by atoms with Gasteiger partial charge >= 0.3 is 0 Å². The number of para-hydroxylation sites is 1. The molecule has 0 aliphatic carbocycles. The van der Waals surface area contributed by atoms with Crippen LogP contribution in [0.2, 0.25) is 0 Å². The number of carbonyl (C=O) groups excluding carboxylic acids is 1. The highest BCUT2D eigenvalue weighted by Crippen LogP contribution is 2.15. The van der Waals surface area contributed by atoms with Crippen LogP contribution in [0.1, 0.15) is 21.6 Å². The van der Waals surface area contributed by atoms with Gasteiger partial charge in [0, 0.05) is 13.2 Å². The Morgan fingerprint density at radius 2 is 1.69 bits per heavy atom. The summed E-state index contributed by atoms with van der Waals surface area (Å²) in [6.07, 6.45) is 3.18. The number of hydrogen-bond acceptors (Lipinski definition) is 3. The third kappa shape index (κ3) is 3.62. The second-order valence-electron chi connectivity index (χ2n) is 6.80. The van der Waals surface area contributed by atoms with E-state index in [1.54, 1.807) is 29.5 Å². The van der Waals surface area contributed by atoms with Gasteiger partial charge in [0.05, 0.1) is 29.7 Å². The van der Waals surface area contributed by atoms with Crippen LogP contribution < -0.4 is 10.9 Å². The molecule has 2 heterocycles. The first kappa shape index (κ1) is 18.5. The van der Waals surface area contributed by atoms with Crippen molar-refractivity contribution in [3.63, 3.8) is 0 Å². The van der Waals surface area contributed by atoms with Gasteiger partial charge in [-0.3, -0.25) is 19.0 Å². The summed E-state index contributed by atoms with van der Waals surface area (Å²) in [7, 11) is 1.79. The molecular weight excluding hydrogens is 366 g/mol. The van der Waals surface area contributed by atoms with Crippen LogP contribution in [0, 0.1) is 6.92 Å². The van der Waals surface area contributed by atoms with Crippen LogP contribution >= 0.6 is 0 Å². The van der Waals surface area contributed by atoms with E-state index in [1.807, 2.05) is 60.7 Å². The molecule has 29 heavy (non-hydrogen) atoms.